The molecule has 1 aliphatic heterocycles. The Hall–Kier alpha value is -1.73. The standard InChI is InChI=1S/C14H22N4O3/c1-20-13(21-2)10-15-14(19)11-6-7-12(17-16-11)18-8-4-3-5-9-18/h6-7,13H,3-5,8-10H2,1-2H3,(H,15,19). The molecule has 1 aromatic heterocycles. The largest absolute Gasteiger partial charge is 0.355 e. The normalized spacial score (nSPS) is 15.3. The van der Waals surface area contributed by atoms with Crippen LogP contribution in [0.25, 0.3) is 0 Å². The monoisotopic (exact) mass is 294 g/mol. The summed E-state index contributed by atoms with van der Waals surface area (Å²) in [5.41, 5.74) is 0.293. The molecule has 0 bridgehead atoms. The van der Waals surface area contributed by atoms with Crippen molar-refractivity contribution in [3.63, 3.8) is 0 Å². The van der Waals surface area contributed by atoms with Crippen LogP contribution in [0.4, 0.5) is 5.82 Å². The van der Waals surface area contributed by atoms with Gasteiger partial charge in [-0.2, -0.15) is 0 Å². The maximum absolute atomic E-state index is 11.9. The van der Waals surface area contributed by atoms with Crippen molar-refractivity contribution in [2.75, 3.05) is 38.8 Å². The van der Waals surface area contributed by atoms with E-state index in [1.165, 1.54) is 33.5 Å². The van der Waals surface area contributed by atoms with Crippen LogP contribution in [-0.4, -0.2) is 56.2 Å². The van der Waals surface area contributed by atoms with E-state index in [4.69, 9.17) is 9.47 Å². The molecule has 2 rings (SSSR count). The highest BCUT2D eigenvalue weighted by Crippen LogP contribution is 2.16. The van der Waals surface area contributed by atoms with Gasteiger partial charge in [0.05, 0.1) is 6.54 Å². The lowest BCUT2D eigenvalue weighted by molar-refractivity contribution is -0.0974. The Morgan fingerprint density at radius 3 is 2.52 bits per heavy atom. The van der Waals surface area contributed by atoms with Crippen LogP contribution in [0.3, 0.4) is 0 Å². The van der Waals surface area contributed by atoms with Crippen molar-refractivity contribution in [1.82, 2.24) is 15.5 Å². The summed E-state index contributed by atoms with van der Waals surface area (Å²) in [4.78, 5) is 14.1. The predicted octanol–water partition coefficient (Wildman–Crippen LogP) is 0.816. The molecular weight excluding hydrogens is 272 g/mol. The maximum atomic E-state index is 11.9. The zero-order valence-corrected chi connectivity index (χ0v) is 12.5. The van der Waals surface area contributed by atoms with E-state index >= 15 is 0 Å². The van der Waals surface area contributed by atoms with Gasteiger partial charge < -0.3 is 19.7 Å². The topological polar surface area (TPSA) is 76.6 Å². The summed E-state index contributed by atoms with van der Waals surface area (Å²) >= 11 is 0. The van der Waals surface area contributed by atoms with Gasteiger partial charge in [0.25, 0.3) is 5.91 Å². The highest BCUT2D eigenvalue weighted by Gasteiger charge is 2.15. The summed E-state index contributed by atoms with van der Waals surface area (Å²) in [5, 5.41) is 10.8. The molecule has 1 fully saturated rings. The van der Waals surface area contributed by atoms with E-state index in [1.807, 2.05) is 6.07 Å². The average molecular weight is 294 g/mol. The second-order valence-corrected chi connectivity index (χ2v) is 4.94. The van der Waals surface area contributed by atoms with Gasteiger partial charge in [0, 0.05) is 27.3 Å². The number of piperidine rings is 1. The Morgan fingerprint density at radius 2 is 1.95 bits per heavy atom. The van der Waals surface area contributed by atoms with Crippen LogP contribution >= 0.6 is 0 Å². The fourth-order valence-corrected chi connectivity index (χ4v) is 2.27. The third-order valence-electron chi connectivity index (χ3n) is 3.52. The number of ether oxygens (including phenoxy) is 2. The zero-order chi connectivity index (χ0) is 15.1. The second-order valence-electron chi connectivity index (χ2n) is 4.94. The summed E-state index contributed by atoms with van der Waals surface area (Å²) < 4.78 is 10.0. The van der Waals surface area contributed by atoms with Crippen molar-refractivity contribution >= 4 is 11.7 Å². The predicted molar refractivity (Wildman–Crippen MR) is 78.2 cm³/mol. The summed E-state index contributed by atoms with van der Waals surface area (Å²) in [5.74, 6) is 0.546. The Bertz CT molecular complexity index is 442. The van der Waals surface area contributed by atoms with E-state index in [0.29, 0.717) is 5.69 Å². The third kappa shape index (κ3) is 4.37. The van der Waals surface area contributed by atoms with Crippen molar-refractivity contribution in [2.24, 2.45) is 0 Å². The van der Waals surface area contributed by atoms with Gasteiger partial charge >= 0.3 is 0 Å². The maximum Gasteiger partial charge on any atom is 0.271 e. The third-order valence-corrected chi connectivity index (χ3v) is 3.52. The smallest absolute Gasteiger partial charge is 0.271 e. The Morgan fingerprint density at radius 1 is 1.24 bits per heavy atom. The Labute approximate surface area is 124 Å². The fourth-order valence-electron chi connectivity index (χ4n) is 2.27. The molecule has 1 aliphatic rings. The van der Waals surface area contributed by atoms with Gasteiger partial charge in [-0.25, -0.2) is 0 Å². The minimum atomic E-state index is -0.463. The van der Waals surface area contributed by atoms with E-state index in [0.717, 1.165) is 18.9 Å². The van der Waals surface area contributed by atoms with Crippen molar-refractivity contribution in [3.05, 3.63) is 17.8 Å². The van der Waals surface area contributed by atoms with Crippen LogP contribution in [0, 0.1) is 0 Å². The van der Waals surface area contributed by atoms with Gasteiger partial charge in [-0.1, -0.05) is 0 Å². The molecule has 0 atom stereocenters. The van der Waals surface area contributed by atoms with E-state index in [9.17, 15) is 4.79 Å². The van der Waals surface area contributed by atoms with Crippen LogP contribution in [0.15, 0.2) is 12.1 Å². The number of anilines is 1. The molecule has 1 aromatic rings. The number of nitrogens with one attached hydrogen (secondary N) is 1. The molecule has 0 radical (unpaired) electrons. The number of hydrogen-bond acceptors (Lipinski definition) is 6. The molecule has 7 nitrogen and oxygen atoms in total. The van der Waals surface area contributed by atoms with Crippen LogP contribution in [0.2, 0.25) is 0 Å². The first-order chi connectivity index (χ1) is 10.2. The van der Waals surface area contributed by atoms with Gasteiger partial charge in [0.1, 0.15) is 0 Å². The van der Waals surface area contributed by atoms with Crippen molar-refractivity contribution in [1.29, 1.82) is 0 Å². The van der Waals surface area contributed by atoms with E-state index < -0.39 is 6.29 Å². The summed E-state index contributed by atoms with van der Waals surface area (Å²) in [6.45, 7) is 2.27. The lowest BCUT2D eigenvalue weighted by Gasteiger charge is -2.27. The molecule has 0 aliphatic carbocycles. The minimum absolute atomic E-state index is 0.265. The first kappa shape index (κ1) is 15.7. The van der Waals surface area contributed by atoms with E-state index in [2.05, 4.69) is 20.4 Å². The van der Waals surface area contributed by atoms with Crippen LogP contribution < -0.4 is 10.2 Å². The van der Waals surface area contributed by atoms with Crippen molar-refractivity contribution < 1.29 is 14.3 Å². The average Bonchev–Trinajstić information content (AvgIpc) is 2.56. The van der Waals surface area contributed by atoms with Crippen LogP contribution in [0.1, 0.15) is 29.8 Å². The van der Waals surface area contributed by atoms with Crippen molar-refractivity contribution in [3.8, 4) is 0 Å². The van der Waals surface area contributed by atoms with Gasteiger partial charge in [0.15, 0.2) is 17.8 Å². The molecule has 2 heterocycles. The zero-order valence-electron chi connectivity index (χ0n) is 12.5. The van der Waals surface area contributed by atoms with Crippen LogP contribution in [-0.2, 0) is 9.47 Å². The molecule has 1 N–H and O–H groups in total. The highest BCUT2D eigenvalue weighted by molar-refractivity contribution is 5.92. The summed E-state index contributed by atoms with van der Waals surface area (Å²) in [7, 11) is 3.04. The molecule has 21 heavy (non-hydrogen) atoms. The van der Waals surface area contributed by atoms with E-state index in [-0.39, 0.29) is 12.5 Å². The number of carbonyl (C=O) groups is 1. The van der Waals surface area contributed by atoms with Crippen molar-refractivity contribution in [2.45, 2.75) is 25.6 Å². The Balaban J connectivity index is 1.90. The number of nitrogens with zero attached hydrogens (tertiary/aromatic N) is 3. The number of aromatic nitrogens is 2. The molecule has 7 heteroatoms. The molecular formula is C14H22N4O3. The number of methoxy groups -OCH3 is 2. The second kappa shape index (κ2) is 7.90. The number of hydrogen-bond donors (Lipinski definition) is 1. The molecule has 0 aromatic carbocycles. The lowest BCUT2D eigenvalue weighted by Crippen LogP contribution is -2.35. The highest BCUT2D eigenvalue weighted by atomic mass is 16.7. The van der Waals surface area contributed by atoms with Crippen LogP contribution in [0.5, 0.6) is 0 Å². The molecule has 0 spiro atoms. The molecule has 1 amide bonds. The molecule has 116 valence electrons. The van der Waals surface area contributed by atoms with Gasteiger partial charge in [-0.15, -0.1) is 10.2 Å². The number of amides is 1. The summed E-state index contributed by atoms with van der Waals surface area (Å²) in [6.07, 6.45) is 3.16. The number of carbonyl (C=O) groups excluding carboxylic acids is 1. The van der Waals surface area contributed by atoms with Gasteiger partial charge in [-0.05, 0) is 31.4 Å². The molecule has 0 unspecified atom stereocenters. The van der Waals surface area contributed by atoms with Gasteiger partial charge in [-0.3, -0.25) is 4.79 Å². The lowest BCUT2D eigenvalue weighted by atomic mass is 10.1. The number of rotatable bonds is 6. The minimum Gasteiger partial charge on any atom is -0.355 e. The SMILES string of the molecule is COC(CNC(=O)c1ccc(N2CCCCC2)nn1)OC. The Kier molecular flexibility index (Phi) is 5.89. The summed E-state index contributed by atoms with van der Waals surface area (Å²) in [6, 6.07) is 3.54. The van der Waals surface area contributed by atoms with Gasteiger partial charge in [0.2, 0.25) is 0 Å². The molecule has 1 saturated heterocycles. The fraction of sp³-hybridized carbons (Fsp3) is 0.643. The first-order valence-electron chi connectivity index (χ1n) is 7.17. The quantitative estimate of drug-likeness (QED) is 0.783. The molecule has 0 saturated carbocycles. The first-order valence-corrected chi connectivity index (χ1v) is 7.17. The van der Waals surface area contributed by atoms with E-state index in [1.54, 1.807) is 6.07 Å².